The summed E-state index contributed by atoms with van der Waals surface area (Å²) in [6.07, 6.45) is 0. The van der Waals surface area contributed by atoms with Crippen molar-refractivity contribution < 1.29 is 17.6 Å². The number of halogens is 4. The molecule has 0 aliphatic heterocycles. The number of hydrogen-bond donors (Lipinski definition) is 1. The molecule has 2 rings (SSSR count). The van der Waals surface area contributed by atoms with E-state index in [4.69, 9.17) is 0 Å². The van der Waals surface area contributed by atoms with Gasteiger partial charge in [-0.15, -0.1) is 0 Å². The Kier molecular flexibility index (Phi) is 4.63. The molecule has 2 aromatic rings. The number of benzene rings is 2. The molecule has 0 spiro atoms. The summed E-state index contributed by atoms with van der Waals surface area (Å²) in [5.41, 5.74) is 1.20. The van der Waals surface area contributed by atoms with Gasteiger partial charge in [-0.05, 0) is 48.4 Å². The topological polar surface area (TPSA) is 12.0 Å². The molecule has 0 radical (unpaired) electrons. The van der Waals surface area contributed by atoms with Crippen molar-refractivity contribution >= 4 is 0 Å². The Balaban J connectivity index is 2.50. The quantitative estimate of drug-likeness (QED) is 0.657. The van der Waals surface area contributed by atoms with E-state index < -0.39 is 29.3 Å². The first-order chi connectivity index (χ1) is 9.93. The van der Waals surface area contributed by atoms with E-state index in [0.717, 1.165) is 12.1 Å². The fourth-order valence-electron chi connectivity index (χ4n) is 2.16. The zero-order valence-corrected chi connectivity index (χ0v) is 11.7. The maximum absolute atomic E-state index is 13.7. The van der Waals surface area contributed by atoms with Crippen molar-refractivity contribution in [2.75, 3.05) is 6.54 Å². The van der Waals surface area contributed by atoms with Gasteiger partial charge in [0, 0.05) is 0 Å². The summed E-state index contributed by atoms with van der Waals surface area (Å²) in [4.78, 5) is 0. The Hall–Kier alpha value is -1.88. The molecule has 0 fully saturated rings. The molecule has 1 atom stereocenters. The molecule has 1 nitrogen and oxygen atoms in total. The van der Waals surface area contributed by atoms with Crippen LogP contribution in [-0.4, -0.2) is 6.54 Å². The van der Waals surface area contributed by atoms with E-state index in [1.54, 1.807) is 19.1 Å². The summed E-state index contributed by atoms with van der Waals surface area (Å²) in [5.74, 6) is -4.44. The van der Waals surface area contributed by atoms with Gasteiger partial charge in [-0.2, -0.15) is 0 Å². The molecular weight excluding hydrogens is 282 g/mol. The van der Waals surface area contributed by atoms with E-state index in [2.05, 4.69) is 5.32 Å². The van der Waals surface area contributed by atoms with Gasteiger partial charge in [0.2, 0.25) is 0 Å². The third-order valence-corrected chi connectivity index (χ3v) is 3.28. The second kappa shape index (κ2) is 6.26. The SMILES string of the molecule is CCNC(c1ccc(C)c(F)c1)c1cc(F)c(F)c(F)c1. The van der Waals surface area contributed by atoms with Crippen LogP contribution in [0.25, 0.3) is 0 Å². The third-order valence-electron chi connectivity index (χ3n) is 3.28. The Morgan fingerprint density at radius 1 is 0.905 bits per heavy atom. The zero-order valence-electron chi connectivity index (χ0n) is 11.7. The van der Waals surface area contributed by atoms with Gasteiger partial charge in [-0.3, -0.25) is 0 Å². The van der Waals surface area contributed by atoms with Crippen molar-refractivity contribution in [3.63, 3.8) is 0 Å². The molecule has 2 aromatic carbocycles. The molecule has 0 saturated carbocycles. The first-order valence-corrected chi connectivity index (χ1v) is 6.58. The molecule has 0 amide bonds. The molecule has 21 heavy (non-hydrogen) atoms. The Morgan fingerprint density at radius 2 is 1.48 bits per heavy atom. The summed E-state index contributed by atoms with van der Waals surface area (Å²) in [6, 6.07) is 5.79. The van der Waals surface area contributed by atoms with Gasteiger partial charge in [0.25, 0.3) is 0 Å². The Morgan fingerprint density at radius 3 is 2.00 bits per heavy atom. The number of rotatable bonds is 4. The van der Waals surface area contributed by atoms with Crippen LogP contribution < -0.4 is 5.32 Å². The summed E-state index contributed by atoms with van der Waals surface area (Å²) < 4.78 is 53.5. The van der Waals surface area contributed by atoms with Crippen LogP contribution >= 0.6 is 0 Å². The number of hydrogen-bond acceptors (Lipinski definition) is 1. The molecule has 0 saturated heterocycles. The maximum atomic E-state index is 13.7. The smallest absolute Gasteiger partial charge is 0.194 e. The van der Waals surface area contributed by atoms with Crippen LogP contribution in [0, 0.1) is 30.2 Å². The van der Waals surface area contributed by atoms with E-state index in [0.29, 0.717) is 17.7 Å². The van der Waals surface area contributed by atoms with Crippen LogP contribution in [0.1, 0.15) is 29.7 Å². The highest BCUT2D eigenvalue weighted by molar-refractivity contribution is 5.35. The van der Waals surface area contributed by atoms with Crippen LogP contribution in [0.4, 0.5) is 17.6 Å². The third kappa shape index (κ3) is 3.24. The largest absolute Gasteiger partial charge is 0.307 e. The zero-order chi connectivity index (χ0) is 15.6. The van der Waals surface area contributed by atoms with E-state index >= 15 is 0 Å². The first kappa shape index (κ1) is 15.5. The molecule has 0 bridgehead atoms. The summed E-state index contributed by atoms with van der Waals surface area (Å²) >= 11 is 0. The van der Waals surface area contributed by atoms with Crippen molar-refractivity contribution in [1.29, 1.82) is 0 Å². The van der Waals surface area contributed by atoms with E-state index in [1.165, 1.54) is 6.07 Å². The normalized spacial score (nSPS) is 12.5. The highest BCUT2D eigenvalue weighted by Gasteiger charge is 2.19. The van der Waals surface area contributed by atoms with Gasteiger partial charge in [0.15, 0.2) is 17.5 Å². The van der Waals surface area contributed by atoms with Crippen LogP contribution in [0.5, 0.6) is 0 Å². The molecule has 0 aromatic heterocycles. The van der Waals surface area contributed by atoms with Crippen molar-refractivity contribution in [1.82, 2.24) is 5.32 Å². The van der Waals surface area contributed by atoms with Crippen molar-refractivity contribution in [2.45, 2.75) is 19.9 Å². The average Bonchev–Trinajstić information content (AvgIpc) is 2.45. The first-order valence-electron chi connectivity index (χ1n) is 6.58. The van der Waals surface area contributed by atoms with Crippen molar-refractivity contribution in [3.8, 4) is 0 Å². The van der Waals surface area contributed by atoms with Crippen LogP contribution in [0.15, 0.2) is 30.3 Å². The highest BCUT2D eigenvalue weighted by Crippen LogP contribution is 2.26. The molecule has 0 aliphatic carbocycles. The molecule has 112 valence electrons. The standard InChI is InChI=1S/C16H15F4N/c1-3-21-16(10-5-4-9(2)12(17)6-10)11-7-13(18)15(20)14(19)8-11/h4-8,16,21H,3H2,1-2H3. The fraction of sp³-hybridized carbons (Fsp3) is 0.250. The summed E-state index contributed by atoms with van der Waals surface area (Å²) in [6.45, 7) is 3.94. The molecule has 0 aliphatic rings. The lowest BCUT2D eigenvalue weighted by Gasteiger charge is -2.20. The molecular formula is C16H15F4N. The van der Waals surface area contributed by atoms with E-state index in [-0.39, 0.29) is 5.56 Å². The summed E-state index contributed by atoms with van der Waals surface area (Å²) in [5, 5.41) is 3.01. The van der Waals surface area contributed by atoms with E-state index in [1.807, 2.05) is 6.92 Å². The minimum atomic E-state index is -1.51. The minimum Gasteiger partial charge on any atom is -0.307 e. The predicted molar refractivity (Wildman–Crippen MR) is 73.0 cm³/mol. The molecule has 0 heterocycles. The molecule has 5 heteroatoms. The van der Waals surface area contributed by atoms with Crippen molar-refractivity contribution in [2.24, 2.45) is 0 Å². The number of nitrogens with one attached hydrogen (secondary N) is 1. The van der Waals surface area contributed by atoms with Gasteiger partial charge in [-0.1, -0.05) is 19.1 Å². The van der Waals surface area contributed by atoms with E-state index in [9.17, 15) is 17.6 Å². The Bertz CT molecular complexity index is 632. The fourth-order valence-corrected chi connectivity index (χ4v) is 2.16. The van der Waals surface area contributed by atoms with Gasteiger partial charge in [-0.25, -0.2) is 17.6 Å². The highest BCUT2D eigenvalue weighted by atomic mass is 19.2. The maximum Gasteiger partial charge on any atom is 0.194 e. The second-order valence-electron chi connectivity index (χ2n) is 4.80. The van der Waals surface area contributed by atoms with Crippen LogP contribution in [-0.2, 0) is 0 Å². The lowest BCUT2D eigenvalue weighted by atomic mass is 9.97. The predicted octanol–water partition coefficient (Wildman–Crippen LogP) is 4.25. The van der Waals surface area contributed by atoms with Crippen LogP contribution in [0.3, 0.4) is 0 Å². The lowest BCUT2D eigenvalue weighted by Crippen LogP contribution is -2.22. The summed E-state index contributed by atoms with van der Waals surface area (Å²) in [7, 11) is 0. The lowest BCUT2D eigenvalue weighted by molar-refractivity contribution is 0.442. The van der Waals surface area contributed by atoms with Crippen LogP contribution in [0.2, 0.25) is 0 Å². The van der Waals surface area contributed by atoms with Gasteiger partial charge < -0.3 is 5.32 Å². The monoisotopic (exact) mass is 297 g/mol. The van der Waals surface area contributed by atoms with Gasteiger partial charge in [0.1, 0.15) is 5.82 Å². The van der Waals surface area contributed by atoms with Gasteiger partial charge >= 0.3 is 0 Å². The Labute approximate surface area is 120 Å². The molecule has 1 N–H and O–H groups in total. The molecule has 1 unspecified atom stereocenters. The second-order valence-corrected chi connectivity index (χ2v) is 4.80. The average molecular weight is 297 g/mol. The minimum absolute atomic E-state index is 0.205. The number of aryl methyl sites for hydroxylation is 1. The van der Waals surface area contributed by atoms with Gasteiger partial charge in [0.05, 0.1) is 6.04 Å². The van der Waals surface area contributed by atoms with Crippen molar-refractivity contribution in [3.05, 3.63) is 70.3 Å².